The van der Waals surface area contributed by atoms with Crippen LogP contribution in [0.15, 0.2) is 53.9 Å². The summed E-state index contributed by atoms with van der Waals surface area (Å²) in [5, 5.41) is 2.95. The molecule has 1 N–H and O–H groups in total. The highest BCUT2D eigenvalue weighted by molar-refractivity contribution is 5.78. The molecule has 4 heteroatoms. The molecule has 1 amide bonds. The van der Waals surface area contributed by atoms with Crippen LogP contribution in [0.5, 0.6) is 0 Å². The number of rotatable bonds is 7. The van der Waals surface area contributed by atoms with E-state index in [-0.39, 0.29) is 5.91 Å². The number of aryl methyl sites for hydroxylation is 2. The van der Waals surface area contributed by atoms with Gasteiger partial charge in [0.2, 0.25) is 5.91 Å². The van der Waals surface area contributed by atoms with Gasteiger partial charge >= 0.3 is 0 Å². The molecule has 0 aliphatic carbocycles. The zero-order valence-corrected chi connectivity index (χ0v) is 14.2. The van der Waals surface area contributed by atoms with E-state index in [1.807, 2.05) is 33.0 Å². The molecule has 0 radical (unpaired) electrons. The number of hydrogen-bond donors (Lipinski definition) is 1. The smallest absolute Gasteiger partial charge is 0.224 e. The van der Waals surface area contributed by atoms with Gasteiger partial charge < -0.3 is 9.88 Å². The zero-order valence-electron chi connectivity index (χ0n) is 14.2. The Labute approximate surface area is 138 Å². The van der Waals surface area contributed by atoms with Crippen LogP contribution in [0.4, 0.5) is 0 Å². The van der Waals surface area contributed by atoms with E-state index < -0.39 is 0 Å². The molecule has 0 aliphatic rings. The molecule has 1 heterocycles. The van der Waals surface area contributed by atoms with Crippen molar-refractivity contribution in [1.82, 2.24) is 14.9 Å². The van der Waals surface area contributed by atoms with Crippen molar-refractivity contribution in [2.75, 3.05) is 0 Å². The Hall–Kier alpha value is -2.36. The van der Waals surface area contributed by atoms with Crippen LogP contribution < -0.4 is 5.32 Å². The third-order valence-corrected chi connectivity index (χ3v) is 4.01. The molecule has 0 bridgehead atoms. The summed E-state index contributed by atoms with van der Waals surface area (Å²) in [4.78, 5) is 16.3. The highest BCUT2D eigenvalue weighted by Gasteiger charge is 2.07. The topological polar surface area (TPSA) is 46.9 Å². The van der Waals surface area contributed by atoms with Crippen molar-refractivity contribution in [1.29, 1.82) is 0 Å². The number of benzene rings is 1. The van der Waals surface area contributed by atoms with Gasteiger partial charge in [0.15, 0.2) is 0 Å². The lowest BCUT2D eigenvalue weighted by molar-refractivity contribution is -0.120. The van der Waals surface area contributed by atoms with Crippen molar-refractivity contribution in [2.45, 2.75) is 46.7 Å². The molecule has 1 aromatic carbocycles. The highest BCUT2D eigenvalue weighted by atomic mass is 16.1. The summed E-state index contributed by atoms with van der Waals surface area (Å²) in [5.74, 6) is 0.936. The van der Waals surface area contributed by atoms with Crippen LogP contribution in [0, 0.1) is 0 Å². The summed E-state index contributed by atoms with van der Waals surface area (Å²) in [6.45, 7) is 7.38. The Morgan fingerprint density at radius 1 is 1.17 bits per heavy atom. The Kier molecular flexibility index (Phi) is 6.15. The molecule has 122 valence electrons. The lowest BCUT2D eigenvalue weighted by Gasteiger charge is -2.10. The molecule has 0 atom stereocenters. The maximum atomic E-state index is 12.0. The van der Waals surface area contributed by atoms with Crippen molar-refractivity contribution in [3.05, 3.63) is 65.3 Å². The van der Waals surface area contributed by atoms with Crippen molar-refractivity contribution >= 4 is 5.91 Å². The third-order valence-electron chi connectivity index (χ3n) is 4.01. The van der Waals surface area contributed by atoms with Crippen molar-refractivity contribution in [3.8, 4) is 0 Å². The number of carbonyl (C=O) groups excluding carboxylic acids is 1. The molecule has 0 spiro atoms. The molecular weight excluding hydrogens is 286 g/mol. The summed E-state index contributed by atoms with van der Waals surface area (Å²) in [6.07, 6.45) is 5.15. The minimum absolute atomic E-state index is 0.0429. The van der Waals surface area contributed by atoms with Gasteiger partial charge in [0.25, 0.3) is 0 Å². The summed E-state index contributed by atoms with van der Waals surface area (Å²) >= 11 is 0. The van der Waals surface area contributed by atoms with E-state index in [9.17, 15) is 4.79 Å². The number of carbonyl (C=O) groups is 1. The fourth-order valence-corrected chi connectivity index (χ4v) is 2.26. The number of nitrogens with one attached hydrogen (secondary N) is 1. The number of amides is 1. The monoisotopic (exact) mass is 311 g/mol. The molecule has 0 aliphatic heterocycles. The minimum Gasteiger partial charge on any atom is -0.349 e. The summed E-state index contributed by atoms with van der Waals surface area (Å²) in [6, 6.07) is 10.4. The molecule has 0 fully saturated rings. The van der Waals surface area contributed by atoms with Crippen LogP contribution in [-0.4, -0.2) is 15.5 Å². The van der Waals surface area contributed by atoms with Gasteiger partial charge in [0.05, 0.1) is 6.54 Å². The van der Waals surface area contributed by atoms with Crippen LogP contribution in [0.3, 0.4) is 0 Å². The SMILES string of the molecule is CC(C)=C(C)CC(=O)NCc1nccn1CCc1ccccc1. The van der Waals surface area contributed by atoms with Crippen LogP contribution in [-0.2, 0) is 24.3 Å². The second-order valence-corrected chi connectivity index (χ2v) is 6.01. The minimum atomic E-state index is 0.0429. The number of nitrogens with zero attached hydrogens (tertiary/aromatic N) is 2. The standard InChI is InChI=1S/C19H25N3O/c1-15(2)16(3)13-19(23)21-14-18-20-10-12-22(18)11-9-17-7-5-4-6-8-17/h4-8,10,12H,9,11,13-14H2,1-3H3,(H,21,23). The predicted molar refractivity (Wildman–Crippen MR) is 92.9 cm³/mol. The van der Waals surface area contributed by atoms with Crippen LogP contribution in [0.1, 0.15) is 38.6 Å². The van der Waals surface area contributed by atoms with Gasteiger partial charge in [-0.1, -0.05) is 41.5 Å². The summed E-state index contributed by atoms with van der Waals surface area (Å²) in [5.41, 5.74) is 3.62. The Balaban J connectivity index is 1.86. The average molecular weight is 311 g/mol. The largest absolute Gasteiger partial charge is 0.349 e. The fraction of sp³-hybridized carbons (Fsp3) is 0.368. The normalized spacial score (nSPS) is 10.4. The van der Waals surface area contributed by atoms with Crippen molar-refractivity contribution in [2.24, 2.45) is 0 Å². The van der Waals surface area contributed by atoms with E-state index >= 15 is 0 Å². The maximum Gasteiger partial charge on any atom is 0.224 e. The molecule has 0 saturated heterocycles. The second kappa shape index (κ2) is 8.32. The zero-order chi connectivity index (χ0) is 16.7. The average Bonchev–Trinajstić information content (AvgIpc) is 2.99. The molecule has 1 aromatic heterocycles. The van der Waals surface area contributed by atoms with Crippen molar-refractivity contribution < 1.29 is 4.79 Å². The molecule has 23 heavy (non-hydrogen) atoms. The summed E-state index contributed by atoms with van der Waals surface area (Å²) < 4.78 is 2.10. The quantitative estimate of drug-likeness (QED) is 0.796. The van der Waals surface area contributed by atoms with E-state index in [2.05, 4.69) is 39.1 Å². The summed E-state index contributed by atoms with van der Waals surface area (Å²) in [7, 11) is 0. The highest BCUT2D eigenvalue weighted by Crippen LogP contribution is 2.07. The first-order valence-corrected chi connectivity index (χ1v) is 8.00. The van der Waals surface area contributed by atoms with Gasteiger partial charge in [-0.05, 0) is 32.8 Å². The fourth-order valence-electron chi connectivity index (χ4n) is 2.26. The Morgan fingerprint density at radius 3 is 2.61 bits per heavy atom. The number of hydrogen-bond acceptors (Lipinski definition) is 2. The van der Waals surface area contributed by atoms with Gasteiger partial charge in [-0.3, -0.25) is 4.79 Å². The van der Waals surface area contributed by atoms with Crippen LogP contribution in [0.2, 0.25) is 0 Å². The van der Waals surface area contributed by atoms with Gasteiger partial charge in [-0.15, -0.1) is 0 Å². The lowest BCUT2D eigenvalue weighted by atomic mass is 10.1. The van der Waals surface area contributed by atoms with Gasteiger partial charge in [-0.25, -0.2) is 4.98 Å². The maximum absolute atomic E-state index is 12.0. The predicted octanol–water partition coefficient (Wildman–Crippen LogP) is 3.49. The van der Waals surface area contributed by atoms with Gasteiger partial charge in [-0.2, -0.15) is 0 Å². The van der Waals surface area contributed by atoms with E-state index in [1.54, 1.807) is 6.20 Å². The Morgan fingerprint density at radius 2 is 1.91 bits per heavy atom. The molecule has 2 aromatic rings. The number of imidazole rings is 1. The lowest BCUT2D eigenvalue weighted by Crippen LogP contribution is -2.25. The van der Waals surface area contributed by atoms with Crippen LogP contribution in [0.25, 0.3) is 0 Å². The molecule has 0 unspecified atom stereocenters. The van der Waals surface area contributed by atoms with Gasteiger partial charge in [0.1, 0.15) is 5.82 Å². The van der Waals surface area contributed by atoms with Crippen molar-refractivity contribution in [3.63, 3.8) is 0 Å². The van der Waals surface area contributed by atoms with Crippen LogP contribution >= 0.6 is 0 Å². The first-order chi connectivity index (χ1) is 11.1. The second-order valence-electron chi connectivity index (χ2n) is 6.01. The first-order valence-electron chi connectivity index (χ1n) is 8.00. The Bertz CT molecular complexity index is 667. The van der Waals surface area contributed by atoms with E-state index in [0.717, 1.165) is 24.4 Å². The van der Waals surface area contributed by atoms with Gasteiger partial charge in [0, 0.05) is 25.4 Å². The molecule has 4 nitrogen and oxygen atoms in total. The van der Waals surface area contributed by atoms with E-state index in [4.69, 9.17) is 0 Å². The first kappa shape index (κ1) is 17.0. The molecule has 0 saturated carbocycles. The third kappa shape index (κ3) is 5.40. The van der Waals surface area contributed by atoms with E-state index in [1.165, 1.54) is 11.1 Å². The number of allylic oxidation sites excluding steroid dienone is 1. The van der Waals surface area contributed by atoms with E-state index in [0.29, 0.717) is 13.0 Å². The molecular formula is C19H25N3O. The molecule has 2 rings (SSSR count). The number of aromatic nitrogens is 2.